The second-order valence-corrected chi connectivity index (χ2v) is 6.94. The van der Waals surface area contributed by atoms with Gasteiger partial charge in [-0.15, -0.1) is 35.3 Å². The van der Waals surface area contributed by atoms with E-state index in [1.165, 1.54) is 0 Å². The molecule has 2 N–H and O–H groups in total. The Morgan fingerprint density at radius 1 is 1.10 bits per heavy atom. The second-order valence-electron chi connectivity index (χ2n) is 6.00. The molecule has 0 aliphatic rings. The Morgan fingerprint density at radius 3 is 2.29 bits per heavy atom. The average Bonchev–Trinajstić information content (AvgIpc) is 3.21. The van der Waals surface area contributed by atoms with Crippen LogP contribution >= 0.6 is 35.3 Å². The normalized spacial score (nSPS) is 11.5. The van der Waals surface area contributed by atoms with Crippen molar-refractivity contribution in [2.24, 2.45) is 4.99 Å². The van der Waals surface area contributed by atoms with Gasteiger partial charge in [0.1, 0.15) is 22.3 Å². The van der Waals surface area contributed by atoms with E-state index in [0.717, 1.165) is 16.7 Å². The van der Waals surface area contributed by atoms with E-state index < -0.39 is 11.9 Å². The zero-order valence-electron chi connectivity index (χ0n) is 17.4. The van der Waals surface area contributed by atoms with Gasteiger partial charge in [-0.05, 0) is 13.3 Å². The van der Waals surface area contributed by atoms with E-state index >= 15 is 0 Å². The molecule has 0 radical (unpaired) electrons. The Bertz CT molecular complexity index is 812. The molecule has 1 aromatic heterocycles. The number of aliphatic imine (C=N–C) groups is 1. The third-order valence-electron chi connectivity index (χ3n) is 3.77. The lowest BCUT2D eigenvalue weighted by Gasteiger charge is -2.12. The smallest absolute Gasteiger partial charge is 0.434 e. The number of halogens is 4. The minimum atomic E-state index is -4.44. The molecule has 0 saturated carbocycles. The Labute approximate surface area is 200 Å². The molecular weight excluding hydrogens is 548 g/mol. The Kier molecular flexibility index (Phi) is 11.7. The van der Waals surface area contributed by atoms with Crippen LogP contribution < -0.4 is 24.8 Å². The molecule has 7 nitrogen and oxygen atoms in total. The SMILES string of the molecule is CCNC(=NCc1nc(C(F)(F)F)cs1)NCCCOc1cc(OC)cc(OC)c1.I. The number of nitrogens with one attached hydrogen (secondary N) is 2. The van der Waals surface area contributed by atoms with Crippen molar-refractivity contribution in [1.29, 1.82) is 0 Å². The highest BCUT2D eigenvalue weighted by Gasteiger charge is 2.33. The quantitative estimate of drug-likeness (QED) is 0.191. The van der Waals surface area contributed by atoms with E-state index in [1.807, 2.05) is 6.92 Å². The second kappa shape index (κ2) is 13.5. The summed E-state index contributed by atoms with van der Waals surface area (Å²) < 4.78 is 54.0. The van der Waals surface area contributed by atoms with Crippen molar-refractivity contribution in [2.75, 3.05) is 33.9 Å². The molecule has 174 valence electrons. The lowest BCUT2D eigenvalue weighted by molar-refractivity contribution is -0.140. The molecule has 1 aromatic carbocycles. The number of alkyl halides is 3. The number of aromatic nitrogens is 1. The summed E-state index contributed by atoms with van der Waals surface area (Å²) in [5.41, 5.74) is -0.887. The largest absolute Gasteiger partial charge is 0.496 e. The fourth-order valence-electron chi connectivity index (χ4n) is 2.34. The summed E-state index contributed by atoms with van der Waals surface area (Å²) >= 11 is 0.938. The number of thiazole rings is 1. The summed E-state index contributed by atoms with van der Waals surface area (Å²) in [4.78, 5) is 7.86. The van der Waals surface area contributed by atoms with E-state index in [1.54, 1.807) is 32.4 Å². The predicted molar refractivity (Wildman–Crippen MR) is 125 cm³/mol. The maximum absolute atomic E-state index is 12.6. The highest BCUT2D eigenvalue weighted by Crippen LogP contribution is 2.30. The first-order chi connectivity index (χ1) is 14.4. The molecule has 1 heterocycles. The first-order valence-electron chi connectivity index (χ1n) is 9.25. The summed E-state index contributed by atoms with van der Waals surface area (Å²) in [7, 11) is 3.14. The zero-order chi connectivity index (χ0) is 22.0. The van der Waals surface area contributed by atoms with E-state index in [-0.39, 0.29) is 30.5 Å². The van der Waals surface area contributed by atoms with E-state index in [2.05, 4.69) is 20.6 Å². The highest BCUT2D eigenvalue weighted by atomic mass is 127. The van der Waals surface area contributed by atoms with Crippen LogP contribution in [0.1, 0.15) is 24.0 Å². The van der Waals surface area contributed by atoms with Crippen LogP contribution in [0.3, 0.4) is 0 Å². The van der Waals surface area contributed by atoms with Gasteiger partial charge in [-0.2, -0.15) is 13.2 Å². The van der Waals surface area contributed by atoms with Gasteiger partial charge in [0.05, 0.1) is 27.4 Å². The molecule has 12 heteroatoms. The molecule has 0 atom stereocenters. The lowest BCUT2D eigenvalue weighted by atomic mass is 10.3. The number of nitrogens with zero attached hydrogens (tertiary/aromatic N) is 2. The Morgan fingerprint density at radius 2 is 1.74 bits per heavy atom. The van der Waals surface area contributed by atoms with Crippen LogP contribution in [0, 0.1) is 0 Å². The summed E-state index contributed by atoms with van der Waals surface area (Å²) in [5.74, 6) is 2.42. The van der Waals surface area contributed by atoms with Crippen LogP contribution in [0.15, 0.2) is 28.6 Å². The first-order valence-corrected chi connectivity index (χ1v) is 10.1. The molecule has 0 aliphatic carbocycles. The molecule has 2 rings (SSSR count). The maximum Gasteiger partial charge on any atom is 0.434 e. The minimum absolute atomic E-state index is 0. The number of ether oxygens (including phenoxy) is 3. The van der Waals surface area contributed by atoms with Crippen molar-refractivity contribution < 1.29 is 27.4 Å². The van der Waals surface area contributed by atoms with E-state index in [0.29, 0.717) is 54.3 Å². The van der Waals surface area contributed by atoms with Gasteiger partial charge in [0, 0.05) is 36.7 Å². The molecule has 0 aliphatic heterocycles. The molecule has 0 amide bonds. The molecule has 0 unspecified atom stereocenters. The number of guanidine groups is 1. The molecule has 0 bridgehead atoms. The molecular formula is C19H26F3IN4O3S. The van der Waals surface area contributed by atoms with Gasteiger partial charge < -0.3 is 24.8 Å². The zero-order valence-corrected chi connectivity index (χ0v) is 20.6. The van der Waals surface area contributed by atoms with Crippen LogP contribution in [0.5, 0.6) is 17.2 Å². The summed E-state index contributed by atoms with van der Waals surface area (Å²) in [6, 6.07) is 5.29. The summed E-state index contributed by atoms with van der Waals surface area (Å²) in [6.45, 7) is 3.61. The molecule has 0 fully saturated rings. The third-order valence-corrected chi connectivity index (χ3v) is 4.60. The van der Waals surface area contributed by atoms with E-state index in [9.17, 15) is 13.2 Å². The van der Waals surface area contributed by atoms with Crippen molar-refractivity contribution >= 4 is 41.3 Å². The summed E-state index contributed by atoms with van der Waals surface area (Å²) in [6.07, 6.45) is -3.76. The van der Waals surface area contributed by atoms with Crippen molar-refractivity contribution in [1.82, 2.24) is 15.6 Å². The number of hydrogen-bond acceptors (Lipinski definition) is 6. The van der Waals surface area contributed by atoms with Gasteiger partial charge in [0.25, 0.3) is 0 Å². The fraction of sp³-hybridized carbons (Fsp3) is 0.474. The highest BCUT2D eigenvalue weighted by molar-refractivity contribution is 14.0. The van der Waals surface area contributed by atoms with Crippen molar-refractivity contribution in [3.8, 4) is 17.2 Å². The standard InChI is InChI=1S/C19H25F3N4O3S.HI/c1-4-23-18(25-11-17-26-16(12-30-17)19(20,21)22)24-6-5-7-29-15-9-13(27-2)8-14(10-15)28-3;/h8-10,12H,4-7,11H2,1-3H3,(H2,23,24,25);1H. The summed E-state index contributed by atoms with van der Waals surface area (Å²) in [5, 5.41) is 7.47. The molecule has 2 aromatic rings. The van der Waals surface area contributed by atoms with Gasteiger partial charge in [-0.3, -0.25) is 0 Å². The van der Waals surface area contributed by atoms with Gasteiger partial charge in [-0.25, -0.2) is 9.98 Å². The van der Waals surface area contributed by atoms with Crippen LogP contribution in [0.4, 0.5) is 13.2 Å². The van der Waals surface area contributed by atoms with Crippen LogP contribution in [-0.2, 0) is 12.7 Å². The van der Waals surface area contributed by atoms with Crippen LogP contribution in [-0.4, -0.2) is 44.9 Å². The number of hydrogen-bond donors (Lipinski definition) is 2. The van der Waals surface area contributed by atoms with Crippen LogP contribution in [0.25, 0.3) is 0 Å². The predicted octanol–water partition coefficient (Wildman–Crippen LogP) is 4.32. The van der Waals surface area contributed by atoms with Gasteiger partial charge in [0.2, 0.25) is 0 Å². The molecule has 0 spiro atoms. The monoisotopic (exact) mass is 574 g/mol. The Hall–Kier alpha value is -1.96. The molecule has 31 heavy (non-hydrogen) atoms. The Balaban J connectivity index is 0.00000480. The first kappa shape index (κ1) is 27.1. The third kappa shape index (κ3) is 9.37. The van der Waals surface area contributed by atoms with Crippen molar-refractivity contribution in [3.63, 3.8) is 0 Å². The molecule has 0 saturated heterocycles. The number of rotatable bonds is 10. The lowest BCUT2D eigenvalue weighted by Crippen LogP contribution is -2.38. The van der Waals surface area contributed by atoms with Gasteiger partial charge >= 0.3 is 6.18 Å². The van der Waals surface area contributed by atoms with E-state index in [4.69, 9.17) is 14.2 Å². The maximum atomic E-state index is 12.6. The average molecular weight is 574 g/mol. The number of benzene rings is 1. The van der Waals surface area contributed by atoms with Crippen molar-refractivity contribution in [2.45, 2.75) is 26.1 Å². The topological polar surface area (TPSA) is 77.0 Å². The van der Waals surface area contributed by atoms with Gasteiger partial charge in [0.15, 0.2) is 11.7 Å². The van der Waals surface area contributed by atoms with Crippen LogP contribution in [0.2, 0.25) is 0 Å². The van der Waals surface area contributed by atoms with Gasteiger partial charge in [-0.1, -0.05) is 0 Å². The van der Waals surface area contributed by atoms with Crippen molar-refractivity contribution in [3.05, 3.63) is 34.3 Å². The fourth-order valence-corrected chi connectivity index (χ4v) is 3.06. The minimum Gasteiger partial charge on any atom is -0.496 e. The number of methoxy groups -OCH3 is 2.